The molecule has 0 saturated heterocycles. The van der Waals surface area contributed by atoms with Gasteiger partial charge in [0, 0.05) is 6.04 Å². The van der Waals surface area contributed by atoms with Crippen molar-refractivity contribution in [1.82, 2.24) is 5.32 Å². The number of nitrogens with zero attached hydrogens (tertiary/aromatic N) is 1. The summed E-state index contributed by atoms with van der Waals surface area (Å²) in [6.07, 6.45) is 0. The average molecular weight is 349 g/mol. The smallest absolute Gasteiger partial charge is 0.189 e. The molecule has 1 aromatic rings. The van der Waals surface area contributed by atoms with E-state index in [9.17, 15) is 0 Å². The molecule has 0 aliphatic rings. The lowest BCUT2D eigenvalue weighted by Gasteiger charge is -2.08. The molecule has 0 heterocycles. The van der Waals surface area contributed by atoms with Crippen molar-refractivity contribution in [2.75, 3.05) is 7.11 Å². The van der Waals surface area contributed by atoms with Crippen molar-refractivity contribution < 1.29 is 4.74 Å². The van der Waals surface area contributed by atoms with Crippen LogP contribution in [0.15, 0.2) is 29.3 Å². The number of rotatable bonds is 4. The molecule has 0 aromatic heterocycles. The number of hydrogen-bond donors (Lipinski definition) is 2. The third-order valence-corrected chi connectivity index (χ3v) is 2.03. The molecule has 0 aliphatic heterocycles. The predicted molar refractivity (Wildman–Crippen MR) is 82.0 cm³/mol. The molecule has 0 spiro atoms. The lowest BCUT2D eigenvalue weighted by atomic mass is 10.2. The first-order chi connectivity index (χ1) is 7.61. The van der Waals surface area contributed by atoms with E-state index in [1.165, 1.54) is 0 Å². The van der Waals surface area contributed by atoms with Gasteiger partial charge >= 0.3 is 0 Å². The van der Waals surface area contributed by atoms with E-state index in [0.717, 1.165) is 11.3 Å². The summed E-state index contributed by atoms with van der Waals surface area (Å²) in [6.45, 7) is 4.63. The van der Waals surface area contributed by atoms with E-state index >= 15 is 0 Å². The molecule has 0 fully saturated rings. The van der Waals surface area contributed by atoms with E-state index in [1.54, 1.807) is 7.11 Å². The Kier molecular flexibility index (Phi) is 7.69. The van der Waals surface area contributed by atoms with Gasteiger partial charge in [-0.25, -0.2) is 4.99 Å². The van der Waals surface area contributed by atoms with E-state index in [2.05, 4.69) is 10.3 Å². The van der Waals surface area contributed by atoms with Crippen molar-refractivity contribution in [1.29, 1.82) is 0 Å². The zero-order valence-corrected chi connectivity index (χ0v) is 12.8. The van der Waals surface area contributed by atoms with Crippen molar-refractivity contribution in [3.8, 4) is 5.75 Å². The van der Waals surface area contributed by atoms with Crippen LogP contribution < -0.4 is 15.8 Å². The summed E-state index contributed by atoms with van der Waals surface area (Å²) < 4.78 is 5.07. The number of methoxy groups -OCH3 is 1. The standard InChI is InChI=1S/C12H19N3O.HI/c1-9(2)15-12(13)14-8-10-4-6-11(16-3)7-5-10;/h4-7,9H,8H2,1-3H3,(H3,13,14,15);1H. The number of guanidine groups is 1. The summed E-state index contributed by atoms with van der Waals surface area (Å²) in [5.74, 6) is 1.33. The van der Waals surface area contributed by atoms with Gasteiger partial charge in [0.1, 0.15) is 5.75 Å². The predicted octanol–water partition coefficient (Wildman–Crippen LogP) is 2.13. The molecular formula is C12H20IN3O. The van der Waals surface area contributed by atoms with Crippen LogP contribution in [-0.4, -0.2) is 19.1 Å². The minimum absolute atomic E-state index is 0. The Balaban J connectivity index is 0.00000256. The van der Waals surface area contributed by atoms with Gasteiger partial charge in [-0.05, 0) is 31.5 Å². The second-order valence-corrected chi connectivity index (χ2v) is 3.85. The highest BCUT2D eigenvalue weighted by Gasteiger charge is 1.96. The maximum Gasteiger partial charge on any atom is 0.189 e. The van der Waals surface area contributed by atoms with Crippen LogP contribution in [0.4, 0.5) is 0 Å². The average Bonchev–Trinajstić information content (AvgIpc) is 2.26. The van der Waals surface area contributed by atoms with Crippen LogP contribution in [0.25, 0.3) is 0 Å². The summed E-state index contributed by atoms with van der Waals surface area (Å²) in [6, 6.07) is 8.09. The summed E-state index contributed by atoms with van der Waals surface area (Å²) in [5, 5.41) is 3.04. The number of halogens is 1. The quantitative estimate of drug-likeness (QED) is 0.497. The lowest BCUT2D eigenvalue weighted by molar-refractivity contribution is 0.414. The van der Waals surface area contributed by atoms with E-state index in [-0.39, 0.29) is 24.0 Å². The zero-order valence-electron chi connectivity index (χ0n) is 10.4. The number of nitrogens with two attached hydrogens (primary N) is 1. The highest BCUT2D eigenvalue weighted by molar-refractivity contribution is 14.0. The van der Waals surface area contributed by atoms with Crippen LogP contribution in [0.3, 0.4) is 0 Å². The highest BCUT2D eigenvalue weighted by atomic mass is 127. The molecule has 0 bridgehead atoms. The van der Waals surface area contributed by atoms with E-state index in [4.69, 9.17) is 10.5 Å². The zero-order chi connectivity index (χ0) is 12.0. The molecule has 0 unspecified atom stereocenters. The normalized spacial score (nSPS) is 10.9. The van der Waals surface area contributed by atoms with Crippen molar-refractivity contribution in [3.05, 3.63) is 29.8 Å². The Morgan fingerprint density at radius 1 is 1.35 bits per heavy atom. The number of ether oxygens (including phenoxy) is 1. The first-order valence-electron chi connectivity index (χ1n) is 5.31. The summed E-state index contributed by atoms with van der Waals surface area (Å²) in [5.41, 5.74) is 6.80. The van der Waals surface area contributed by atoms with Gasteiger partial charge in [-0.1, -0.05) is 12.1 Å². The van der Waals surface area contributed by atoms with Gasteiger partial charge in [-0.15, -0.1) is 24.0 Å². The third kappa shape index (κ3) is 6.35. The summed E-state index contributed by atoms with van der Waals surface area (Å²) in [4.78, 5) is 4.23. The maximum absolute atomic E-state index is 5.69. The Hall–Kier alpha value is -0.980. The fraction of sp³-hybridized carbons (Fsp3) is 0.417. The molecule has 3 N–H and O–H groups in total. The monoisotopic (exact) mass is 349 g/mol. The molecule has 0 amide bonds. The van der Waals surface area contributed by atoms with Crippen LogP contribution in [0, 0.1) is 0 Å². The SMILES string of the molecule is COc1ccc(CN=C(N)NC(C)C)cc1.I. The van der Waals surface area contributed by atoms with Crippen LogP contribution in [0.5, 0.6) is 5.75 Å². The minimum atomic E-state index is 0. The first kappa shape index (κ1) is 16.0. The number of benzene rings is 1. The topological polar surface area (TPSA) is 59.6 Å². The molecule has 4 nitrogen and oxygen atoms in total. The van der Waals surface area contributed by atoms with E-state index in [0.29, 0.717) is 18.5 Å². The Labute approximate surface area is 120 Å². The Morgan fingerprint density at radius 3 is 2.41 bits per heavy atom. The molecule has 0 saturated carbocycles. The van der Waals surface area contributed by atoms with Gasteiger partial charge < -0.3 is 15.8 Å². The van der Waals surface area contributed by atoms with Crippen molar-refractivity contribution in [3.63, 3.8) is 0 Å². The van der Waals surface area contributed by atoms with Crippen molar-refractivity contribution in [2.24, 2.45) is 10.7 Å². The second kappa shape index (κ2) is 8.16. The van der Waals surface area contributed by atoms with Crippen LogP contribution in [0.1, 0.15) is 19.4 Å². The molecule has 0 radical (unpaired) electrons. The molecule has 0 atom stereocenters. The van der Waals surface area contributed by atoms with E-state index in [1.807, 2.05) is 38.1 Å². The van der Waals surface area contributed by atoms with Crippen molar-refractivity contribution >= 4 is 29.9 Å². The molecule has 5 heteroatoms. The van der Waals surface area contributed by atoms with Crippen LogP contribution >= 0.6 is 24.0 Å². The van der Waals surface area contributed by atoms with Crippen LogP contribution in [-0.2, 0) is 6.54 Å². The first-order valence-corrected chi connectivity index (χ1v) is 5.31. The summed E-state index contributed by atoms with van der Waals surface area (Å²) >= 11 is 0. The van der Waals surface area contributed by atoms with Gasteiger partial charge in [0.05, 0.1) is 13.7 Å². The molecule has 0 aliphatic carbocycles. The maximum atomic E-state index is 5.69. The van der Waals surface area contributed by atoms with Gasteiger partial charge in [0.2, 0.25) is 0 Å². The van der Waals surface area contributed by atoms with Gasteiger partial charge in [0.15, 0.2) is 5.96 Å². The Morgan fingerprint density at radius 2 is 1.94 bits per heavy atom. The summed E-state index contributed by atoms with van der Waals surface area (Å²) in [7, 11) is 1.65. The largest absolute Gasteiger partial charge is 0.497 e. The van der Waals surface area contributed by atoms with Gasteiger partial charge in [-0.2, -0.15) is 0 Å². The second-order valence-electron chi connectivity index (χ2n) is 3.85. The fourth-order valence-corrected chi connectivity index (χ4v) is 1.25. The third-order valence-electron chi connectivity index (χ3n) is 2.03. The molecule has 1 rings (SSSR count). The number of hydrogen-bond acceptors (Lipinski definition) is 2. The minimum Gasteiger partial charge on any atom is -0.497 e. The molecular weight excluding hydrogens is 329 g/mol. The lowest BCUT2D eigenvalue weighted by Crippen LogP contribution is -2.36. The molecule has 1 aromatic carbocycles. The number of nitrogens with one attached hydrogen (secondary N) is 1. The Bertz CT molecular complexity index is 349. The molecule has 17 heavy (non-hydrogen) atoms. The highest BCUT2D eigenvalue weighted by Crippen LogP contribution is 2.11. The number of aliphatic imine (C=N–C) groups is 1. The van der Waals surface area contributed by atoms with Gasteiger partial charge in [-0.3, -0.25) is 0 Å². The van der Waals surface area contributed by atoms with E-state index < -0.39 is 0 Å². The fourth-order valence-electron chi connectivity index (χ4n) is 1.25. The van der Waals surface area contributed by atoms with Crippen molar-refractivity contribution in [2.45, 2.75) is 26.4 Å². The van der Waals surface area contributed by atoms with Crippen LogP contribution in [0.2, 0.25) is 0 Å². The molecule has 96 valence electrons. The van der Waals surface area contributed by atoms with Gasteiger partial charge in [0.25, 0.3) is 0 Å².